The van der Waals surface area contributed by atoms with Crippen LogP contribution in [0.1, 0.15) is 26.2 Å². The van der Waals surface area contributed by atoms with Crippen molar-refractivity contribution in [1.82, 2.24) is 5.43 Å². The summed E-state index contributed by atoms with van der Waals surface area (Å²) in [7, 11) is 0. The monoisotopic (exact) mass is 388 g/mol. The van der Waals surface area contributed by atoms with Crippen LogP contribution in [0.3, 0.4) is 0 Å². The van der Waals surface area contributed by atoms with Gasteiger partial charge < -0.3 is 0 Å². The van der Waals surface area contributed by atoms with Gasteiger partial charge in [0.05, 0.1) is 5.69 Å². The van der Waals surface area contributed by atoms with Crippen molar-refractivity contribution in [3.63, 3.8) is 0 Å². The number of carbonyl (C=O) groups is 2. The summed E-state index contributed by atoms with van der Waals surface area (Å²) in [5.41, 5.74) is 3.34. The topological polar surface area (TPSA) is 49.4 Å². The summed E-state index contributed by atoms with van der Waals surface area (Å²) in [6, 6.07) is 9.17. The Morgan fingerprint density at radius 3 is 2.42 bits per heavy atom. The number of carbonyl (C=O) groups excluding carboxylic acids is 2. The molecule has 19 heavy (non-hydrogen) atoms. The molecular formula is C13H20N2O2SSn. The number of unbranched alkanes of at least 4 members (excludes halogenated alkanes) is 1. The second kappa shape index (κ2) is 8.47. The molecule has 6 heteroatoms. The average Bonchev–Trinajstić information content (AvgIpc) is 2.64. The van der Waals surface area contributed by atoms with Gasteiger partial charge in [0.2, 0.25) is 0 Å². The fourth-order valence-electron chi connectivity index (χ4n) is 1.94. The Kier molecular flexibility index (Phi) is 8.17. The van der Waals surface area contributed by atoms with Gasteiger partial charge in [0, 0.05) is 0 Å². The van der Waals surface area contributed by atoms with Crippen LogP contribution in [0.4, 0.5) is 5.69 Å². The predicted molar refractivity (Wildman–Crippen MR) is 84.0 cm³/mol. The molecule has 1 N–H and O–H groups in total. The van der Waals surface area contributed by atoms with Gasteiger partial charge in [-0.05, 0) is 18.6 Å². The molecule has 1 aromatic carbocycles. The molecule has 1 heterocycles. The van der Waals surface area contributed by atoms with Crippen LogP contribution in [-0.2, 0) is 9.59 Å². The van der Waals surface area contributed by atoms with Crippen molar-refractivity contribution >= 4 is 54.9 Å². The van der Waals surface area contributed by atoms with Gasteiger partial charge in [-0.2, -0.15) is 13.5 Å². The first-order valence-corrected chi connectivity index (χ1v) is 5.93. The van der Waals surface area contributed by atoms with Gasteiger partial charge in [0.15, 0.2) is 0 Å². The number of hydrazine groups is 1. The number of rotatable bonds is 4. The van der Waals surface area contributed by atoms with E-state index in [-0.39, 0.29) is 49.2 Å². The number of benzene rings is 1. The van der Waals surface area contributed by atoms with Crippen molar-refractivity contribution in [2.24, 2.45) is 5.92 Å². The van der Waals surface area contributed by atoms with E-state index in [2.05, 4.69) is 5.43 Å². The van der Waals surface area contributed by atoms with Crippen LogP contribution in [0.5, 0.6) is 0 Å². The third-order valence-corrected chi connectivity index (χ3v) is 2.92. The van der Waals surface area contributed by atoms with Gasteiger partial charge in [0.25, 0.3) is 11.8 Å². The summed E-state index contributed by atoms with van der Waals surface area (Å²) in [5, 5.41) is 1.35. The van der Waals surface area contributed by atoms with Gasteiger partial charge in [-0.15, -0.1) is 0 Å². The summed E-state index contributed by atoms with van der Waals surface area (Å²) in [6.07, 6.45) is 2.51. The van der Waals surface area contributed by atoms with E-state index in [0.717, 1.165) is 12.8 Å². The molecule has 1 atom stereocenters. The Balaban J connectivity index is 0.00000162. The number of hydrogen-bond acceptors (Lipinski definition) is 2. The molecule has 2 radical (unpaired) electrons. The van der Waals surface area contributed by atoms with Crippen LogP contribution in [0.15, 0.2) is 30.3 Å². The minimum absolute atomic E-state index is 0. The summed E-state index contributed by atoms with van der Waals surface area (Å²) in [5.74, 6) is -0.850. The Hall–Kier alpha value is -0.691. The number of hydrogen-bond donors (Lipinski definition) is 1. The quantitative estimate of drug-likeness (QED) is 0.621. The molecule has 1 fully saturated rings. The molecule has 2 amide bonds. The zero-order chi connectivity index (χ0) is 12.3. The number of para-hydroxylation sites is 1. The first-order chi connectivity index (χ1) is 8.24. The molecule has 1 saturated heterocycles. The standard InChI is InChI=1S/C13H16N2O2.H2S.Sn.2H/c1-2-3-9-11-12(16)14-15(13(11)17)10-7-5-4-6-8-10;;;;/h4-8,11H,2-3,9H2,1H3,(H,14,16);1H2;;;. The molecule has 0 spiro atoms. The predicted octanol–water partition coefficient (Wildman–Crippen LogP) is 1.07. The third-order valence-electron chi connectivity index (χ3n) is 2.92. The summed E-state index contributed by atoms with van der Waals surface area (Å²) in [4.78, 5) is 23.8. The van der Waals surface area contributed by atoms with Crippen molar-refractivity contribution in [2.45, 2.75) is 26.2 Å². The zero-order valence-electron chi connectivity index (χ0n) is 11.1. The molecule has 104 valence electrons. The van der Waals surface area contributed by atoms with E-state index < -0.39 is 5.92 Å². The van der Waals surface area contributed by atoms with Crippen LogP contribution in [0, 0.1) is 5.92 Å². The molecule has 1 aliphatic heterocycles. The molecular weight excluding hydrogens is 367 g/mol. The third kappa shape index (κ3) is 4.14. The molecule has 0 saturated carbocycles. The van der Waals surface area contributed by atoms with Gasteiger partial charge in [-0.25, -0.2) is 5.01 Å². The Morgan fingerprint density at radius 2 is 1.84 bits per heavy atom. The van der Waals surface area contributed by atoms with Crippen LogP contribution in [0.25, 0.3) is 0 Å². The fraction of sp³-hybridized carbons (Fsp3) is 0.385. The van der Waals surface area contributed by atoms with Crippen molar-refractivity contribution < 1.29 is 9.59 Å². The van der Waals surface area contributed by atoms with Crippen molar-refractivity contribution in [2.75, 3.05) is 5.01 Å². The number of nitrogens with one attached hydrogen (secondary N) is 1. The van der Waals surface area contributed by atoms with Crippen molar-refractivity contribution in [3.05, 3.63) is 30.3 Å². The molecule has 1 aromatic rings. The SMILES string of the molecule is CCCCC1C(=O)NN(c2ccccc2)C1=O.S.[SnH2]. The zero-order valence-corrected chi connectivity index (χ0v) is 16.1. The Bertz CT molecular complexity index is 428. The summed E-state index contributed by atoms with van der Waals surface area (Å²) < 4.78 is 0. The number of anilines is 1. The molecule has 0 aliphatic carbocycles. The van der Waals surface area contributed by atoms with Crippen molar-refractivity contribution in [1.29, 1.82) is 0 Å². The van der Waals surface area contributed by atoms with Gasteiger partial charge in [-0.1, -0.05) is 38.0 Å². The first-order valence-electron chi connectivity index (χ1n) is 5.93. The minimum atomic E-state index is -0.518. The van der Waals surface area contributed by atoms with Crippen LogP contribution in [0.2, 0.25) is 0 Å². The molecule has 4 nitrogen and oxygen atoms in total. The van der Waals surface area contributed by atoms with Crippen LogP contribution >= 0.6 is 13.5 Å². The van der Waals surface area contributed by atoms with Crippen LogP contribution < -0.4 is 10.4 Å². The fourth-order valence-corrected chi connectivity index (χ4v) is 1.94. The van der Waals surface area contributed by atoms with E-state index in [0.29, 0.717) is 12.1 Å². The Labute approximate surface area is 137 Å². The van der Waals surface area contributed by atoms with E-state index in [1.54, 1.807) is 12.1 Å². The average molecular weight is 387 g/mol. The van der Waals surface area contributed by atoms with Gasteiger partial charge >= 0.3 is 23.9 Å². The maximum atomic E-state index is 12.1. The summed E-state index contributed by atoms with van der Waals surface area (Å²) in [6.45, 7) is 2.05. The van der Waals surface area contributed by atoms with E-state index in [1.807, 2.05) is 25.1 Å². The Morgan fingerprint density at radius 1 is 1.21 bits per heavy atom. The van der Waals surface area contributed by atoms with Crippen LogP contribution in [-0.4, -0.2) is 35.7 Å². The number of nitrogens with zero attached hydrogens (tertiary/aromatic N) is 1. The normalized spacial score (nSPS) is 17.5. The molecule has 1 unspecified atom stereocenters. The van der Waals surface area contributed by atoms with E-state index >= 15 is 0 Å². The second-order valence-corrected chi connectivity index (χ2v) is 4.18. The maximum absolute atomic E-state index is 12.1. The molecule has 0 aromatic heterocycles. The molecule has 0 bridgehead atoms. The van der Waals surface area contributed by atoms with Gasteiger partial charge in [0.1, 0.15) is 5.92 Å². The van der Waals surface area contributed by atoms with E-state index in [4.69, 9.17) is 0 Å². The van der Waals surface area contributed by atoms with Crippen molar-refractivity contribution in [3.8, 4) is 0 Å². The first kappa shape index (κ1) is 18.3. The number of amides is 2. The molecule has 1 aliphatic rings. The molecule has 2 rings (SSSR count). The summed E-state index contributed by atoms with van der Waals surface area (Å²) >= 11 is 0. The second-order valence-electron chi connectivity index (χ2n) is 4.18. The van der Waals surface area contributed by atoms with Gasteiger partial charge in [-0.3, -0.25) is 15.0 Å². The van der Waals surface area contributed by atoms with E-state index in [1.165, 1.54) is 5.01 Å². The van der Waals surface area contributed by atoms with E-state index in [9.17, 15) is 9.59 Å².